The van der Waals surface area contributed by atoms with E-state index >= 15 is 0 Å². The summed E-state index contributed by atoms with van der Waals surface area (Å²) >= 11 is 1.02. The molecule has 1 aromatic carbocycles. The van der Waals surface area contributed by atoms with Gasteiger partial charge < -0.3 is 9.47 Å². The summed E-state index contributed by atoms with van der Waals surface area (Å²) in [5, 5.41) is -0.419. The third kappa shape index (κ3) is 3.85. The van der Waals surface area contributed by atoms with Crippen molar-refractivity contribution in [3.63, 3.8) is 0 Å². The van der Waals surface area contributed by atoms with Crippen LogP contribution in [-0.2, 0) is 20.4 Å². The molecular formula is C18H15F3N2O3S. The number of hydrogen-bond donors (Lipinski definition) is 0. The van der Waals surface area contributed by atoms with E-state index in [0.29, 0.717) is 5.56 Å². The van der Waals surface area contributed by atoms with Crippen LogP contribution in [0.25, 0.3) is 11.3 Å². The first-order valence-corrected chi connectivity index (χ1v) is 9.17. The summed E-state index contributed by atoms with van der Waals surface area (Å²) in [6.45, 7) is 2.13. The maximum Gasteiger partial charge on any atom is 0.433 e. The quantitative estimate of drug-likeness (QED) is 0.739. The number of ether oxygens (including phenoxy) is 2. The second kappa shape index (κ2) is 6.88. The number of carbonyl (C=O) groups excluding carboxylic acids is 1. The molecule has 0 spiro atoms. The fourth-order valence-electron chi connectivity index (χ4n) is 2.96. The van der Waals surface area contributed by atoms with Gasteiger partial charge in [0.25, 0.3) is 0 Å². The molecule has 0 radical (unpaired) electrons. The Morgan fingerprint density at radius 1 is 1.19 bits per heavy atom. The Hall–Kier alpha value is -1.97. The lowest BCUT2D eigenvalue weighted by Crippen LogP contribution is -2.37. The molecule has 3 heterocycles. The van der Waals surface area contributed by atoms with Crippen LogP contribution in [-0.4, -0.2) is 40.0 Å². The highest BCUT2D eigenvalue weighted by molar-refractivity contribution is 7.99. The molecule has 0 N–H and O–H groups in total. The van der Waals surface area contributed by atoms with Gasteiger partial charge in [-0.15, -0.1) is 0 Å². The third-order valence-electron chi connectivity index (χ3n) is 4.39. The van der Waals surface area contributed by atoms with Crippen LogP contribution in [0.3, 0.4) is 0 Å². The second-order valence-electron chi connectivity index (χ2n) is 6.45. The molecule has 0 unspecified atom stereocenters. The van der Waals surface area contributed by atoms with Gasteiger partial charge in [0.1, 0.15) is 5.69 Å². The van der Waals surface area contributed by atoms with Crippen molar-refractivity contribution in [1.29, 1.82) is 0 Å². The number of alkyl halides is 3. The predicted octanol–water partition coefficient (Wildman–Crippen LogP) is 3.65. The molecule has 2 aliphatic heterocycles. The number of Topliss-reactive ketones (excluding diaryl/α,β-unsaturated/α-hetero) is 1. The number of benzene rings is 1. The zero-order valence-electron chi connectivity index (χ0n) is 14.2. The molecule has 0 amide bonds. The molecule has 0 aliphatic carbocycles. The molecule has 2 saturated heterocycles. The smallest absolute Gasteiger partial charge is 0.343 e. The van der Waals surface area contributed by atoms with Crippen LogP contribution in [0, 0.1) is 6.92 Å². The van der Waals surface area contributed by atoms with E-state index in [1.807, 2.05) is 6.92 Å². The molecule has 9 heteroatoms. The fraction of sp³-hybridized carbons (Fsp3) is 0.389. The minimum absolute atomic E-state index is 0.0350. The average Bonchev–Trinajstić information content (AvgIpc) is 3.05. The number of hydrogen-bond acceptors (Lipinski definition) is 6. The third-order valence-corrected chi connectivity index (χ3v) is 5.56. The lowest BCUT2D eigenvalue weighted by molar-refractivity contribution is -0.151. The number of rotatable bonds is 3. The van der Waals surface area contributed by atoms with Gasteiger partial charge in [0, 0.05) is 17.2 Å². The summed E-state index contributed by atoms with van der Waals surface area (Å²) in [7, 11) is 0. The lowest BCUT2D eigenvalue weighted by atomic mass is 10.1. The first-order valence-electron chi connectivity index (χ1n) is 8.29. The molecule has 0 saturated carbocycles. The summed E-state index contributed by atoms with van der Waals surface area (Å²) in [4.78, 5) is 19.9. The van der Waals surface area contributed by atoms with Crippen molar-refractivity contribution in [3.05, 3.63) is 41.6 Å². The van der Waals surface area contributed by atoms with E-state index in [1.54, 1.807) is 24.3 Å². The monoisotopic (exact) mass is 396 g/mol. The first kappa shape index (κ1) is 18.4. The van der Waals surface area contributed by atoms with Crippen molar-refractivity contribution in [2.24, 2.45) is 0 Å². The van der Waals surface area contributed by atoms with E-state index in [-0.39, 0.29) is 41.0 Å². The van der Waals surface area contributed by atoms with Crippen molar-refractivity contribution in [1.82, 2.24) is 9.97 Å². The molecule has 4 rings (SSSR count). The Bertz CT molecular complexity index is 873. The van der Waals surface area contributed by atoms with Crippen LogP contribution in [0.15, 0.2) is 35.5 Å². The summed E-state index contributed by atoms with van der Waals surface area (Å²) in [5.74, 6) is -0.216. The Labute approximate surface area is 157 Å². The summed E-state index contributed by atoms with van der Waals surface area (Å²) < 4.78 is 50.6. The van der Waals surface area contributed by atoms with Gasteiger partial charge in [-0.3, -0.25) is 4.79 Å². The van der Waals surface area contributed by atoms with Crippen LogP contribution in [0.4, 0.5) is 13.2 Å². The predicted molar refractivity (Wildman–Crippen MR) is 91.1 cm³/mol. The SMILES string of the molecule is Cc1ccc(-c2cc(C(F)(F)F)nc(S[C@H]3CC(=O)[C@@H]4OC[C@H]3O4)n2)cc1. The molecular weight excluding hydrogens is 381 g/mol. The van der Waals surface area contributed by atoms with Gasteiger partial charge in [-0.2, -0.15) is 13.2 Å². The molecule has 2 bridgehead atoms. The van der Waals surface area contributed by atoms with Gasteiger partial charge in [0.15, 0.2) is 10.9 Å². The van der Waals surface area contributed by atoms with Crippen molar-refractivity contribution in [3.8, 4) is 11.3 Å². The number of nitrogens with zero attached hydrogens (tertiary/aromatic N) is 2. The van der Waals surface area contributed by atoms with Crippen LogP contribution in [0.1, 0.15) is 17.7 Å². The normalized spacial score (nSPS) is 25.0. The van der Waals surface area contributed by atoms with E-state index < -0.39 is 18.2 Å². The molecule has 142 valence electrons. The Morgan fingerprint density at radius 2 is 1.93 bits per heavy atom. The minimum atomic E-state index is -4.60. The first-order chi connectivity index (χ1) is 12.8. The van der Waals surface area contributed by atoms with Crippen molar-refractivity contribution in [2.45, 2.75) is 42.3 Å². The Kier molecular flexibility index (Phi) is 4.69. The number of fused-ring (bicyclic) bond motifs is 2. The minimum Gasteiger partial charge on any atom is -0.343 e. The summed E-state index contributed by atoms with van der Waals surface area (Å²) in [5.41, 5.74) is 0.727. The van der Waals surface area contributed by atoms with Crippen molar-refractivity contribution >= 4 is 17.5 Å². The lowest BCUT2D eigenvalue weighted by Gasteiger charge is -2.25. The largest absolute Gasteiger partial charge is 0.433 e. The van der Waals surface area contributed by atoms with Crippen LogP contribution >= 0.6 is 11.8 Å². The second-order valence-corrected chi connectivity index (χ2v) is 7.66. The van der Waals surface area contributed by atoms with E-state index in [9.17, 15) is 18.0 Å². The van der Waals surface area contributed by atoms with E-state index in [1.165, 1.54) is 0 Å². The maximum absolute atomic E-state index is 13.3. The molecule has 5 nitrogen and oxygen atoms in total. The Morgan fingerprint density at radius 3 is 2.63 bits per heavy atom. The maximum atomic E-state index is 13.3. The van der Waals surface area contributed by atoms with Gasteiger partial charge in [-0.25, -0.2) is 9.97 Å². The molecule has 27 heavy (non-hydrogen) atoms. The number of aryl methyl sites for hydroxylation is 1. The van der Waals surface area contributed by atoms with E-state index in [4.69, 9.17) is 9.47 Å². The molecule has 2 aliphatic rings. The van der Waals surface area contributed by atoms with Gasteiger partial charge in [-0.1, -0.05) is 41.6 Å². The molecule has 3 atom stereocenters. The molecule has 1 aromatic heterocycles. The standard InChI is InChI=1S/C18H15F3N2O3S/c1-9-2-4-10(5-3-9)11-6-15(18(19,20)21)23-17(22-11)27-14-7-12(24)16-25-8-13(14)26-16/h2-6,13-14,16H,7-8H2,1H3/t13-,14+,16-/m1/s1. The van der Waals surface area contributed by atoms with E-state index in [0.717, 1.165) is 23.4 Å². The highest BCUT2D eigenvalue weighted by Gasteiger charge is 2.44. The van der Waals surface area contributed by atoms with Crippen molar-refractivity contribution in [2.75, 3.05) is 6.61 Å². The highest BCUT2D eigenvalue weighted by Crippen LogP contribution is 2.37. The van der Waals surface area contributed by atoms with Gasteiger partial charge >= 0.3 is 6.18 Å². The number of ketones is 1. The number of carbonyl (C=O) groups is 1. The van der Waals surface area contributed by atoms with Gasteiger partial charge in [0.2, 0.25) is 6.29 Å². The van der Waals surface area contributed by atoms with Gasteiger partial charge in [-0.05, 0) is 13.0 Å². The highest BCUT2D eigenvalue weighted by atomic mass is 32.2. The number of halogens is 3. The van der Waals surface area contributed by atoms with E-state index in [2.05, 4.69) is 9.97 Å². The number of aromatic nitrogens is 2. The average molecular weight is 396 g/mol. The van der Waals surface area contributed by atoms with Crippen LogP contribution in [0.5, 0.6) is 0 Å². The van der Waals surface area contributed by atoms with Gasteiger partial charge in [0.05, 0.1) is 18.4 Å². The summed E-state index contributed by atoms with van der Waals surface area (Å²) in [6.07, 6.45) is -5.66. The van der Waals surface area contributed by atoms with Crippen LogP contribution < -0.4 is 0 Å². The van der Waals surface area contributed by atoms with Crippen LogP contribution in [0.2, 0.25) is 0 Å². The summed E-state index contributed by atoms with van der Waals surface area (Å²) in [6, 6.07) is 7.98. The zero-order chi connectivity index (χ0) is 19.2. The Balaban J connectivity index is 1.68. The fourth-order valence-corrected chi connectivity index (χ4v) is 4.07. The molecule has 2 fully saturated rings. The number of thioether (sulfide) groups is 1. The zero-order valence-corrected chi connectivity index (χ0v) is 15.0. The topological polar surface area (TPSA) is 61.3 Å². The molecule has 2 aromatic rings. The van der Waals surface area contributed by atoms with Crippen molar-refractivity contribution < 1.29 is 27.4 Å².